The summed E-state index contributed by atoms with van der Waals surface area (Å²) >= 11 is 0. The van der Waals surface area contributed by atoms with Gasteiger partial charge in [-0.3, -0.25) is 0 Å². The number of rotatable bonds is 2. The standard InChI is InChI=1S/C14H21N/c1-14(2,10-15)13-8-7-11-5-3-4-6-12(11)9-13/h3-6,13H,7-10,15H2,1-2H3. The molecule has 1 aromatic carbocycles. The Morgan fingerprint density at radius 3 is 2.60 bits per heavy atom. The van der Waals surface area contributed by atoms with Gasteiger partial charge in [0.2, 0.25) is 0 Å². The summed E-state index contributed by atoms with van der Waals surface area (Å²) in [5.41, 5.74) is 9.22. The number of hydrogen-bond acceptors (Lipinski definition) is 1. The summed E-state index contributed by atoms with van der Waals surface area (Å²) in [5, 5.41) is 0. The molecule has 1 nitrogen and oxygen atoms in total. The third-order valence-corrected chi connectivity index (χ3v) is 3.98. The van der Waals surface area contributed by atoms with Crippen LogP contribution in [-0.4, -0.2) is 6.54 Å². The van der Waals surface area contributed by atoms with E-state index in [0.29, 0.717) is 0 Å². The van der Waals surface area contributed by atoms with Crippen LogP contribution in [0.15, 0.2) is 24.3 Å². The second-order valence-electron chi connectivity index (χ2n) is 5.40. The molecule has 2 rings (SSSR count). The monoisotopic (exact) mass is 203 g/mol. The summed E-state index contributed by atoms with van der Waals surface area (Å²) in [6.07, 6.45) is 3.73. The van der Waals surface area contributed by atoms with Crippen molar-refractivity contribution < 1.29 is 0 Å². The Bertz CT molecular complexity index is 341. The van der Waals surface area contributed by atoms with Gasteiger partial charge < -0.3 is 5.73 Å². The fraction of sp³-hybridized carbons (Fsp3) is 0.571. The van der Waals surface area contributed by atoms with Crippen LogP contribution in [0.1, 0.15) is 31.4 Å². The van der Waals surface area contributed by atoms with E-state index in [2.05, 4.69) is 38.1 Å². The van der Waals surface area contributed by atoms with Crippen LogP contribution in [0.5, 0.6) is 0 Å². The molecule has 0 spiro atoms. The lowest BCUT2D eigenvalue weighted by molar-refractivity contribution is 0.200. The van der Waals surface area contributed by atoms with Gasteiger partial charge in [0, 0.05) is 0 Å². The van der Waals surface area contributed by atoms with Crippen LogP contribution in [0, 0.1) is 11.3 Å². The predicted molar refractivity (Wildman–Crippen MR) is 64.8 cm³/mol. The van der Waals surface area contributed by atoms with Crippen LogP contribution < -0.4 is 5.73 Å². The molecule has 0 saturated heterocycles. The van der Waals surface area contributed by atoms with E-state index >= 15 is 0 Å². The van der Waals surface area contributed by atoms with E-state index in [4.69, 9.17) is 5.73 Å². The van der Waals surface area contributed by atoms with Crippen molar-refractivity contribution in [3.63, 3.8) is 0 Å². The Balaban J connectivity index is 2.19. The van der Waals surface area contributed by atoms with E-state index in [1.54, 1.807) is 5.56 Å². The van der Waals surface area contributed by atoms with Crippen molar-refractivity contribution >= 4 is 0 Å². The van der Waals surface area contributed by atoms with Crippen LogP contribution in [0.2, 0.25) is 0 Å². The van der Waals surface area contributed by atoms with Gasteiger partial charge in [0.1, 0.15) is 0 Å². The quantitative estimate of drug-likeness (QED) is 0.786. The maximum atomic E-state index is 5.86. The minimum atomic E-state index is 0.285. The van der Waals surface area contributed by atoms with Crippen LogP contribution in [-0.2, 0) is 12.8 Å². The summed E-state index contributed by atoms with van der Waals surface area (Å²) in [6.45, 7) is 5.39. The van der Waals surface area contributed by atoms with Gasteiger partial charge in [-0.15, -0.1) is 0 Å². The Hall–Kier alpha value is -0.820. The molecule has 1 aliphatic rings. The zero-order chi connectivity index (χ0) is 10.9. The third-order valence-electron chi connectivity index (χ3n) is 3.98. The van der Waals surface area contributed by atoms with Crippen molar-refractivity contribution in [2.75, 3.05) is 6.54 Å². The highest BCUT2D eigenvalue weighted by atomic mass is 14.6. The second-order valence-corrected chi connectivity index (χ2v) is 5.40. The smallest absolute Gasteiger partial charge is 0.00231 e. The molecule has 0 heterocycles. The first-order valence-corrected chi connectivity index (χ1v) is 5.90. The van der Waals surface area contributed by atoms with Gasteiger partial charge in [-0.25, -0.2) is 0 Å². The van der Waals surface area contributed by atoms with Gasteiger partial charge in [-0.1, -0.05) is 38.1 Å². The highest BCUT2D eigenvalue weighted by molar-refractivity contribution is 5.30. The second kappa shape index (κ2) is 3.97. The molecular weight excluding hydrogens is 182 g/mol. The molecule has 2 N–H and O–H groups in total. The van der Waals surface area contributed by atoms with Gasteiger partial charge in [0.05, 0.1) is 0 Å². The Kier molecular flexibility index (Phi) is 2.83. The topological polar surface area (TPSA) is 26.0 Å². The molecule has 0 fully saturated rings. The number of aryl methyl sites for hydroxylation is 1. The lowest BCUT2D eigenvalue weighted by Gasteiger charge is -2.36. The van der Waals surface area contributed by atoms with Crippen LogP contribution >= 0.6 is 0 Å². The summed E-state index contributed by atoms with van der Waals surface area (Å²) in [4.78, 5) is 0. The van der Waals surface area contributed by atoms with Gasteiger partial charge >= 0.3 is 0 Å². The first-order chi connectivity index (χ1) is 7.13. The van der Waals surface area contributed by atoms with Crippen molar-refractivity contribution in [3.8, 4) is 0 Å². The zero-order valence-corrected chi connectivity index (χ0v) is 9.79. The average molecular weight is 203 g/mol. The fourth-order valence-corrected chi connectivity index (χ4v) is 2.53. The Labute approximate surface area is 92.7 Å². The van der Waals surface area contributed by atoms with E-state index in [0.717, 1.165) is 12.5 Å². The normalized spacial score (nSPS) is 21.1. The maximum Gasteiger partial charge on any atom is -0.00231 e. The van der Waals surface area contributed by atoms with Crippen LogP contribution in [0.3, 0.4) is 0 Å². The molecule has 0 amide bonds. The Morgan fingerprint density at radius 1 is 1.27 bits per heavy atom. The van der Waals surface area contributed by atoms with Gasteiger partial charge in [0.15, 0.2) is 0 Å². The largest absolute Gasteiger partial charge is 0.330 e. The number of hydrogen-bond donors (Lipinski definition) is 1. The summed E-state index contributed by atoms with van der Waals surface area (Å²) in [5.74, 6) is 0.748. The van der Waals surface area contributed by atoms with Gasteiger partial charge in [-0.2, -0.15) is 0 Å². The number of benzene rings is 1. The summed E-state index contributed by atoms with van der Waals surface area (Å²) in [7, 11) is 0. The van der Waals surface area contributed by atoms with E-state index in [1.165, 1.54) is 24.8 Å². The summed E-state index contributed by atoms with van der Waals surface area (Å²) < 4.78 is 0. The molecule has 0 bridgehead atoms. The van der Waals surface area contributed by atoms with E-state index in [1.807, 2.05) is 0 Å². The SMILES string of the molecule is CC(C)(CN)C1CCc2ccccc2C1. The first-order valence-electron chi connectivity index (χ1n) is 5.90. The number of nitrogens with two attached hydrogens (primary N) is 1. The molecule has 1 aromatic rings. The lowest BCUT2D eigenvalue weighted by atomic mass is 9.69. The van der Waals surface area contributed by atoms with Gasteiger partial charge in [0.25, 0.3) is 0 Å². The first kappa shape index (κ1) is 10.7. The number of fused-ring (bicyclic) bond motifs is 1. The lowest BCUT2D eigenvalue weighted by Crippen LogP contribution is -2.35. The fourth-order valence-electron chi connectivity index (χ4n) is 2.53. The third kappa shape index (κ3) is 2.07. The maximum absolute atomic E-state index is 5.86. The zero-order valence-electron chi connectivity index (χ0n) is 9.79. The van der Waals surface area contributed by atoms with Gasteiger partial charge in [-0.05, 0) is 48.3 Å². The molecule has 0 radical (unpaired) electrons. The molecule has 82 valence electrons. The van der Waals surface area contributed by atoms with Crippen molar-refractivity contribution in [1.29, 1.82) is 0 Å². The molecule has 1 heteroatoms. The van der Waals surface area contributed by atoms with E-state index < -0.39 is 0 Å². The molecule has 1 aliphatic carbocycles. The van der Waals surface area contributed by atoms with Crippen molar-refractivity contribution in [1.82, 2.24) is 0 Å². The minimum Gasteiger partial charge on any atom is -0.330 e. The molecule has 0 saturated carbocycles. The highest BCUT2D eigenvalue weighted by Crippen LogP contribution is 2.36. The van der Waals surface area contributed by atoms with Crippen molar-refractivity contribution in [2.24, 2.45) is 17.1 Å². The molecular formula is C14H21N. The highest BCUT2D eigenvalue weighted by Gasteiger charge is 2.30. The molecule has 0 aliphatic heterocycles. The summed E-state index contributed by atoms with van der Waals surface area (Å²) in [6, 6.07) is 8.83. The minimum absolute atomic E-state index is 0.285. The van der Waals surface area contributed by atoms with Crippen LogP contribution in [0.4, 0.5) is 0 Å². The van der Waals surface area contributed by atoms with E-state index in [-0.39, 0.29) is 5.41 Å². The predicted octanol–water partition coefficient (Wildman–Crippen LogP) is 2.78. The average Bonchev–Trinajstić information content (AvgIpc) is 2.28. The molecule has 1 atom stereocenters. The molecule has 15 heavy (non-hydrogen) atoms. The van der Waals surface area contributed by atoms with E-state index in [9.17, 15) is 0 Å². The Morgan fingerprint density at radius 2 is 1.93 bits per heavy atom. The molecule has 1 unspecified atom stereocenters. The molecule has 0 aromatic heterocycles. The van der Waals surface area contributed by atoms with Crippen LogP contribution in [0.25, 0.3) is 0 Å². The van der Waals surface area contributed by atoms with Crippen molar-refractivity contribution in [2.45, 2.75) is 33.1 Å². The van der Waals surface area contributed by atoms with Crippen molar-refractivity contribution in [3.05, 3.63) is 35.4 Å².